The Morgan fingerprint density at radius 3 is 1.35 bits per heavy atom. The minimum atomic E-state index is 0. The van der Waals surface area contributed by atoms with E-state index in [4.69, 9.17) is 0 Å². The van der Waals surface area contributed by atoms with Crippen LogP contribution in [0.4, 0.5) is 0 Å². The summed E-state index contributed by atoms with van der Waals surface area (Å²) in [6.45, 7) is 9.91. The first-order valence-corrected chi connectivity index (χ1v) is 13.7. The first-order valence-electron chi connectivity index (χ1n) is 13.7. The molecule has 1 saturated heterocycles. The van der Waals surface area contributed by atoms with E-state index in [-0.39, 0.29) is 24.0 Å². The highest BCUT2D eigenvalue weighted by Crippen LogP contribution is 2.15. The monoisotopic (exact) mass is 550 g/mol. The van der Waals surface area contributed by atoms with Crippen molar-refractivity contribution in [1.82, 2.24) is 4.90 Å². The van der Waals surface area contributed by atoms with Gasteiger partial charge < -0.3 is 33.4 Å². The summed E-state index contributed by atoms with van der Waals surface area (Å²) in [5.41, 5.74) is 0. The molecule has 4 heteroatoms. The Morgan fingerprint density at radius 2 is 1.00 bits per heavy atom. The van der Waals surface area contributed by atoms with Crippen molar-refractivity contribution < 1.29 is 33.3 Å². The third-order valence-electron chi connectivity index (χ3n) is 7.43. The number of carbonyl (C=O) groups is 1. The number of hydrogen-bond donors (Lipinski definition) is 0. The molecule has 31 heavy (non-hydrogen) atoms. The predicted molar refractivity (Wildman–Crippen MR) is 132 cm³/mol. The first kappa shape index (κ1) is 31.2. The van der Waals surface area contributed by atoms with E-state index in [0.29, 0.717) is 5.91 Å². The maximum Gasteiger partial charge on any atom is 0.222 e. The van der Waals surface area contributed by atoms with Gasteiger partial charge in [0, 0.05) is 6.42 Å². The smallest absolute Gasteiger partial charge is 0.222 e. The van der Waals surface area contributed by atoms with Crippen LogP contribution >= 0.6 is 0 Å². The molecule has 0 spiro atoms. The fourth-order valence-corrected chi connectivity index (χ4v) is 4.67. The molecule has 1 aliphatic rings. The van der Waals surface area contributed by atoms with Crippen molar-refractivity contribution in [3.63, 3.8) is 0 Å². The summed E-state index contributed by atoms with van der Waals surface area (Å²) < 4.78 is 1.13. The van der Waals surface area contributed by atoms with Gasteiger partial charge in [-0.25, -0.2) is 0 Å². The van der Waals surface area contributed by atoms with Crippen molar-refractivity contribution in [3.05, 3.63) is 0 Å². The molecule has 0 atom stereocenters. The van der Waals surface area contributed by atoms with E-state index in [1.165, 1.54) is 109 Å². The molecule has 1 fully saturated rings. The van der Waals surface area contributed by atoms with Gasteiger partial charge in [0.25, 0.3) is 0 Å². The van der Waals surface area contributed by atoms with Crippen molar-refractivity contribution in [3.8, 4) is 0 Å². The molecular weight excluding hydrogens is 495 g/mol. The minimum absolute atomic E-state index is 0. The summed E-state index contributed by atoms with van der Waals surface area (Å²) in [4.78, 5) is 14.5. The van der Waals surface area contributed by atoms with E-state index in [1.807, 2.05) is 0 Å². The maximum atomic E-state index is 12.4. The van der Waals surface area contributed by atoms with Gasteiger partial charge in [0.05, 0.1) is 39.8 Å². The average molecular weight is 551 g/mol. The number of hydrogen-bond acceptors (Lipinski definition) is 1. The normalized spacial score (nSPS) is 15.6. The van der Waals surface area contributed by atoms with Gasteiger partial charge in [-0.1, -0.05) is 110 Å². The quantitative estimate of drug-likeness (QED) is 0.133. The molecule has 0 aromatic heterocycles. The maximum absolute atomic E-state index is 12.4. The van der Waals surface area contributed by atoms with E-state index < -0.39 is 0 Å². The number of piperazine rings is 1. The molecule has 0 saturated carbocycles. The lowest BCUT2D eigenvalue weighted by atomic mass is 10.0. The molecule has 0 aromatic carbocycles. The molecule has 0 aromatic rings. The van der Waals surface area contributed by atoms with Crippen molar-refractivity contribution >= 4 is 5.91 Å². The molecule has 1 rings (SSSR count). The zero-order valence-corrected chi connectivity index (χ0v) is 23.6. The summed E-state index contributed by atoms with van der Waals surface area (Å²) >= 11 is 0. The SMILES string of the molecule is CCCCCCCCCCCCCCCCCCCC(=O)N1CC[N+](C)(CC)CC1.[I-]. The number of halogens is 1. The molecule has 0 unspecified atom stereocenters. The molecule has 0 aliphatic carbocycles. The Bertz CT molecular complexity index is 408. The summed E-state index contributed by atoms with van der Waals surface area (Å²) in [6, 6.07) is 0. The number of quaternary nitrogens is 1. The van der Waals surface area contributed by atoms with Crippen molar-refractivity contribution in [2.45, 2.75) is 129 Å². The zero-order chi connectivity index (χ0) is 21.9. The summed E-state index contributed by atoms with van der Waals surface area (Å²) in [6.07, 6.45) is 24.4. The third kappa shape index (κ3) is 16.4. The van der Waals surface area contributed by atoms with E-state index in [9.17, 15) is 4.79 Å². The molecule has 1 aliphatic heterocycles. The second kappa shape index (κ2) is 20.7. The van der Waals surface area contributed by atoms with Gasteiger partial charge >= 0.3 is 0 Å². The number of likely N-dealkylation sites (N-methyl/N-ethyl adjacent to an activating group) is 1. The van der Waals surface area contributed by atoms with Gasteiger partial charge in [-0.15, -0.1) is 0 Å². The second-order valence-electron chi connectivity index (χ2n) is 10.2. The van der Waals surface area contributed by atoms with Crippen LogP contribution in [0.15, 0.2) is 0 Å². The average Bonchev–Trinajstić information content (AvgIpc) is 2.76. The Labute approximate surface area is 212 Å². The molecule has 3 nitrogen and oxygen atoms in total. The number of rotatable bonds is 19. The first-order chi connectivity index (χ1) is 14.6. The molecule has 1 amide bonds. The van der Waals surface area contributed by atoms with Gasteiger partial charge in [0.15, 0.2) is 0 Å². The van der Waals surface area contributed by atoms with Crippen LogP contribution in [0.5, 0.6) is 0 Å². The Hall–Kier alpha value is 0.160. The van der Waals surface area contributed by atoms with Crippen molar-refractivity contribution in [2.75, 3.05) is 39.8 Å². The Balaban J connectivity index is 0.00000900. The van der Waals surface area contributed by atoms with Crippen LogP contribution < -0.4 is 24.0 Å². The van der Waals surface area contributed by atoms with Gasteiger partial charge in [0.1, 0.15) is 0 Å². The topological polar surface area (TPSA) is 20.3 Å². The Morgan fingerprint density at radius 1 is 0.645 bits per heavy atom. The van der Waals surface area contributed by atoms with Gasteiger partial charge in [-0.05, 0) is 13.3 Å². The molecule has 0 N–H and O–H groups in total. The molecule has 1 heterocycles. The van der Waals surface area contributed by atoms with Crippen LogP contribution in [0.2, 0.25) is 0 Å². The highest BCUT2D eigenvalue weighted by Gasteiger charge is 2.28. The molecule has 0 radical (unpaired) electrons. The van der Waals surface area contributed by atoms with Crippen LogP contribution in [0.1, 0.15) is 129 Å². The number of nitrogens with zero attached hydrogens (tertiary/aromatic N) is 2. The molecule has 186 valence electrons. The van der Waals surface area contributed by atoms with Crippen molar-refractivity contribution in [2.24, 2.45) is 0 Å². The summed E-state index contributed by atoms with van der Waals surface area (Å²) in [5.74, 6) is 0.401. The standard InChI is InChI=1S/C27H55N2O.HI/c1-4-6-7-8-9-10-11-12-13-14-15-16-17-18-19-20-21-22-27(30)28-23-25-29(3,5-2)26-24-28;/h4-26H2,1-3H3;1H/q+1;/p-1. The van der Waals surface area contributed by atoms with Crippen LogP contribution in [0.3, 0.4) is 0 Å². The highest BCUT2D eigenvalue weighted by molar-refractivity contribution is 5.76. The van der Waals surface area contributed by atoms with Crippen LogP contribution in [0.25, 0.3) is 0 Å². The predicted octanol–water partition coefficient (Wildman–Crippen LogP) is 4.34. The number of unbranched alkanes of at least 4 members (excludes halogenated alkanes) is 16. The van der Waals surface area contributed by atoms with Crippen LogP contribution in [-0.2, 0) is 4.79 Å². The fraction of sp³-hybridized carbons (Fsp3) is 0.963. The van der Waals surface area contributed by atoms with Gasteiger partial charge in [-0.2, -0.15) is 0 Å². The van der Waals surface area contributed by atoms with E-state index in [2.05, 4.69) is 25.8 Å². The van der Waals surface area contributed by atoms with E-state index in [1.54, 1.807) is 0 Å². The van der Waals surface area contributed by atoms with Crippen molar-refractivity contribution in [1.29, 1.82) is 0 Å². The lowest BCUT2D eigenvalue weighted by molar-refractivity contribution is -0.911. The van der Waals surface area contributed by atoms with E-state index in [0.717, 1.165) is 43.5 Å². The second-order valence-corrected chi connectivity index (χ2v) is 10.2. The minimum Gasteiger partial charge on any atom is -1.00 e. The fourth-order valence-electron chi connectivity index (χ4n) is 4.67. The van der Waals surface area contributed by atoms with Crippen LogP contribution in [0, 0.1) is 0 Å². The van der Waals surface area contributed by atoms with Gasteiger partial charge in [0.2, 0.25) is 5.91 Å². The molecule has 0 bridgehead atoms. The highest BCUT2D eigenvalue weighted by atomic mass is 127. The number of amides is 1. The van der Waals surface area contributed by atoms with Crippen LogP contribution in [-0.4, -0.2) is 55.1 Å². The lowest BCUT2D eigenvalue weighted by Crippen LogP contribution is -3.00. The Kier molecular flexibility index (Phi) is 20.9. The zero-order valence-electron chi connectivity index (χ0n) is 21.4. The summed E-state index contributed by atoms with van der Waals surface area (Å²) in [5, 5.41) is 0. The third-order valence-corrected chi connectivity index (χ3v) is 7.43. The van der Waals surface area contributed by atoms with Gasteiger partial charge in [-0.3, -0.25) is 4.79 Å². The number of carbonyl (C=O) groups excluding carboxylic acids is 1. The largest absolute Gasteiger partial charge is 1.00 e. The molecular formula is C27H55IN2O. The summed E-state index contributed by atoms with van der Waals surface area (Å²) in [7, 11) is 2.32. The van der Waals surface area contributed by atoms with E-state index >= 15 is 0 Å². The lowest BCUT2D eigenvalue weighted by Gasteiger charge is -2.41.